The van der Waals surface area contributed by atoms with Gasteiger partial charge in [-0.2, -0.15) is 0 Å². The highest BCUT2D eigenvalue weighted by Gasteiger charge is 2.43. The second kappa shape index (κ2) is 7.33. The molecule has 3 amide bonds. The minimum absolute atomic E-state index is 0.0380. The Labute approximate surface area is 177 Å². The number of halogens is 2. The van der Waals surface area contributed by atoms with E-state index in [0.717, 1.165) is 23.6 Å². The lowest BCUT2D eigenvalue weighted by Gasteiger charge is -2.33. The van der Waals surface area contributed by atoms with Crippen LogP contribution in [-0.4, -0.2) is 53.0 Å². The summed E-state index contributed by atoms with van der Waals surface area (Å²) in [5.41, 5.74) is 2.09. The molecule has 0 saturated carbocycles. The largest absolute Gasteiger partial charge is 0.481 e. The van der Waals surface area contributed by atoms with Crippen LogP contribution in [0.4, 0.5) is 19.3 Å². The molecule has 160 valence electrons. The van der Waals surface area contributed by atoms with E-state index in [2.05, 4.69) is 16.4 Å². The number of methoxy groups -OCH3 is 1. The van der Waals surface area contributed by atoms with Gasteiger partial charge < -0.3 is 19.9 Å². The molecule has 2 bridgehead atoms. The molecule has 3 aliphatic rings. The Morgan fingerprint density at radius 1 is 1.32 bits per heavy atom. The van der Waals surface area contributed by atoms with Crippen LogP contribution in [0, 0.1) is 17.6 Å². The van der Waals surface area contributed by atoms with Crippen molar-refractivity contribution >= 4 is 23.2 Å². The predicted molar refractivity (Wildman–Crippen MR) is 108 cm³/mol. The third-order valence-electron chi connectivity index (χ3n) is 6.10. The number of pyridine rings is 1. The fraction of sp³-hybridized carbons (Fsp3) is 0.318. The molecule has 3 heterocycles. The molecule has 1 fully saturated rings. The van der Waals surface area contributed by atoms with Crippen molar-refractivity contribution < 1.29 is 23.1 Å². The van der Waals surface area contributed by atoms with Gasteiger partial charge in [-0.3, -0.25) is 4.79 Å². The number of hydrogen-bond acceptors (Lipinski definition) is 4. The number of carbonyl (C=O) groups excluding carboxylic acids is 2. The summed E-state index contributed by atoms with van der Waals surface area (Å²) < 4.78 is 33.2. The third kappa shape index (κ3) is 3.20. The van der Waals surface area contributed by atoms with Gasteiger partial charge in [-0.15, -0.1) is 0 Å². The van der Waals surface area contributed by atoms with Crippen LogP contribution in [0.1, 0.15) is 17.5 Å². The number of aromatic nitrogens is 1. The first-order chi connectivity index (χ1) is 15.0. The summed E-state index contributed by atoms with van der Waals surface area (Å²) in [7, 11) is 1.55. The number of ether oxygens (including phenoxy) is 1. The first-order valence-corrected chi connectivity index (χ1v) is 9.99. The maximum atomic E-state index is 14.2. The fourth-order valence-corrected chi connectivity index (χ4v) is 4.67. The lowest BCUT2D eigenvalue weighted by molar-refractivity contribution is -0.132. The van der Waals surface area contributed by atoms with Crippen LogP contribution in [-0.2, 0) is 11.3 Å². The van der Waals surface area contributed by atoms with Crippen molar-refractivity contribution in [1.82, 2.24) is 14.8 Å². The minimum Gasteiger partial charge on any atom is -0.481 e. The average Bonchev–Trinajstić information content (AvgIpc) is 3.38. The van der Waals surface area contributed by atoms with Gasteiger partial charge in [0.15, 0.2) is 11.6 Å². The van der Waals surface area contributed by atoms with Crippen LogP contribution in [0.15, 0.2) is 36.5 Å². The number of benzene rings is 1. The van der Waals surface area contributed by atoms with Crippen LogP contribution in [0.5, 0.6) is 5.88 Å². The predicted octanol–water partition coefficient (Wildman–Crippen LogP) is 3.03. The zero-order chi connectivity index (χ0) is 21.7. The van der Waals surface area contributed by atoms with E-state index in [9.17, 15) is 18.4 Å². The van der Waals surface area contributed by atoms with E-state index in [4.69, 9.17) is 4.74 Å². The number of amides is 3. The summed E-state index contributed by atoms with van der Waals surface area (Å²) in [6.07, 6.45) is 4.60. The first kappa shape index (κ1) is 19.5. The van der Waals surface area contributed by atoms with Gasteiger partial charge in [0.05, 0.1) is 25.4 Å². The van der Waals surface area contributed by atoms with Crippen LogP contribution in [0.2, 0.25) is 0 Å². The fourth-order valence-electron chi connectivity index (χ4n) is 4.67. The summed E-state index contributed by atoms with van der Waals surface area (Å²) in [5.74, 6) is -1.52. The monoisotopic (exact) mass is 426 g/mol. The van der Waals surface area contributed by atoms with Gasteiger partial charge in [0, 0.05) is 23.9 Å². The molecular weight excluding hydrogens is 406 g/mol. The van der Waals surface area contributed by atoms with Crippen molar-refractivity contribution in [3.05, 3.63) is 59.3 Å². The van der Waals surface area contributed by atoms with Gasteiger partial charge >= 0.3 is 6.03 Å². The smallest absolute Gasteiger partial charge is 0.322 e. The molecule has 7 nitrogen and oxygen atoms in total. The lowest BCUT2D eigenvalue weighted by Crippen LogP contribution is -2.48. The van der Waals surface area contributed by atoms with Crippen molar-refractivity contribution in [2.45, 2.75) is 19.0 Å². The summed E-state index contributed by atoms with van der Waals surface area (Å²) in [6.45, 7) is 0.171. The molecule has 1 aliphatic carbocycles. The molecule has 2 aliphatic heterocycles. The standard InChI is InChI=1S/C22H20F2N4O3/c1-31-21-13(3-2-6-25-21)14-7-12-8-18(14)28(9-12)19(29)11-27-10-15-17(26-22(27)30)5-4-16(23)20(15)24/h2-7,12,18H,8-11H2,1H3,(H,26,30)/t12-,18-/m0/s1. The number of anilines is 1. The van der Waals surface area contributed by atoms with E-state index in [1.807, 2.05) is 12.1 Å². The number of carbonyl (C=O) groups is 2. The molecule has 1 saturated heterocycles. The van der Waals surface area contributed by atoms with Crippen molar-refractivity contribution in [2.75, 3.05) is 25.5 Å². The number of rotatable bonds is 4. The van der Waals surface area contributed by atoms with Gasteiger partial charge in [0.25, 0.3) is 0 Å². The SMILES string of the molecule is COc1ncccc1C1=C[C@H]2C[C@@H]1N(C(=O)CN1Cc3c(ccc(F)c3F)NC1=O)C2. The van der Waals surface area contributed by atoms with Crippen LogP contribution in [0.3, 0.4) is 0 Å². The van der Waals surface area contributed by atoms with Gasteiger partial charge in [0.1, 0.15) is 6.54 Å². The molecule has 0 radical (unpaired) electrons. The zero-order valence-corrected chi connectivity index (χ0v) is 16.8. The van der Waals surface area contributed by atoms with Gasteiger partial charge in [0.2, 0.25) is 11.8 Å². The Kier molecular flexibility index (Phi) is 4.60. The van der Waals surface area contributed by atoms with E-state index in [1.165, 1.54) is 11.0 Å². The summed E-state index contributed by atoms with van der Waals surface area (Å²) in [5, 5.41) is 2.53. The molecule has 0 spiro atoms. The highest BCUT2D eigenvalue weighted by molar-refractivity contribution is 5.95. The second-order valence-corrected chi connectivity index (χ2v) is 7.91. The normalized spacial score (nSPS) is 21.6. The minimum atomic E-state index is -1.01. The number of fused-ring (bicyclic) bond motifs is 3. The molecular formula is C22H20F2N4O3. The molecule has 1 N–H and O–H groups in total. The Balaban J connectivity index is 1.34. The van der Waals surface area contributed by atoms with Crippen molar-refractivity contribution in [1.29, 1.82) is 0 Å². The van der Waals surface area contributed by atoms with E-state index in [1.54, 1.807) is 18.2 Å². The molecule has 0 unspecified atom stereocenters. The Bertz CT molecular complexity index is 1120. The summed E-state index contributed by atoms with van der Waals surface area (Å²) in [4.78, 5) is 32.7. The second-order valence-electron chi connectivity index (χ2n) is 7.91. The number of urea groups is 1. The molecule has 1 aromatic heterocycles. The lowest BCUT2D eigenvalue weighted by atomic mass is 10.0. The molecule has 9 heteroatoms. The van der Waals surface area contributed by atoms with Crippen molar-refractivity contribution in [3.63, 3.8) is 0 Å². The summed E-state index contributed by atoms with van der Waals surface area (Å²) >= 11 is 0. The van der Waals surface area contributed by atoms with Gasteiger partial charge in [-0.1, -0.05) is 6.08 Å². The van der Waals surface area contributed by atoms with E-state index < -0.39 is 17.7 Å². The number of hydrogen-bond donors (Lipinski definition) is 1. The Morgan fingerprint density at radius 2 is 2.16 bits per heavy atom. The van der Waals surface area contributed by atoms with Crippen molar-refractivity contribution in [3.8, 4) is 5.88 Å². The maximum Gasteiger partial charge on any atom is 0.322 e. The van der Waals surface area contributed by atoms with Crippen molar-refractivity contribution in [2.24, 2.45) is 5.92 Å². The number of nitrogens with zero attached hydrogens (tertiary/aromatic N) is 3. The quantitative estimate of drug-likeness (QED) is 0.816. The topological polar surface area (TPSA) is 74.8 Å². The van der Waals surface area contributed by atoms with Gasteiger partial charge in [-0.05, 0) is 42.2 Å². The van der Waals surface area contributed by atoms with Crippen LogP contribution in [0.25, 0.3) is 5.57 Å². The molecule has 5 rings (SSSR count). The Morgan fingerprint density at radius 3 is 2.94 bits per heavy atom. The third-order valence-corrected chi connectivity index (χ3v) is 6.10. The molecule has 2 aromatic rings. The molecule has 31 heavy (non-hydrogen) atoms. The van der Waals surface area contributed by atoms with Gasteiger partial charge in [-0.25, -0.2) is 18.6 Å². The highest BCUT2D eigenvalue weighted by atomic mass is 19.2. The zero-order valence-electron chi connectivity index (χ0n) is 16.8. The Hall–Kier alpha value is -3.49. The van der Waals surface area contributed by atoms with E-state index >= 15 is 0 Å². The average molecular weight is 426 g/mol. The van der Waals surface area contributed by atoms with E-state index in [-0.39, 0.29) is 42.2 Å². The van der Waals surface area contributed by atoms with Crippen LogP contribution < -0.4 is 10.1 Å². The first-order valence-electron chi connectivity index (χ1n) is 9.99. The summed E-state index contributed by atoms with van der Waals surface area (Å²) in [6, 6.07) is 5.37. The highest BCUT2D eigenvalue weighted by Crippen LogP contribution is 2.43. The number of nitrogens with one attached hydrogen (secondary N) is 1. The molecule has 2 atom stereocenters. The maximum absolute atomic E-state index is 14.2. The van der Waals surface area contributed by atoms with Crippen LogP contribution >= 0.6 is 0 Å². The van der Waals surface area contributed by atoms with E-state index in [0.29, 0.717) is 12.4 Å². The number of likely N-dealkylation sites (tertiary alicyclic amines) is 1. The molecule has 1 aromatic carbocycles.